The molecule has 3 aliphatic heterocycles. The van der Waals surface area contributed by atoms with E-state index in [0.717, 1.165) is 55.3 Å². The SMILES string of the molecule is NC(=O)N1CCc2c1ccc1[nH]c(C(=O)N3CCc4c3ccc3[nH]c(C(=O)N5CC(CCl)(CCl)c6c5cc(O)c5ccccc65)cc43)cc21. The molecule has 0 saturated carbocycles. The fourth-order valence-electron chi connectivity index (χ4n) is 8.20. The highest BCUT2D eigenvalue weighted by molar-refractivity contribution is 6.24. The number of nitrogens with zero attached hydrogens (tertiary/aromatic N) is 3. The quantitative estimate of drug-likeness (QED) is 0.156. The Morgan fingerprint density at radius 1 is 0.714 bits per heavy atom. The average molecular weight is 694 g/mol. The summed E-state index contributed by atoms with van der Waals surface area (Å²) in [5.41, 5.74) is 12.4. The van der Waals surface area contributed by atoms with Gasteiger partial charge in [0.2, 0.25) is 0 Å². The summed E-state index contributed by atoms with van der Waals surface area (Å²) in [4.78, 5) is 51.7. The molecule has 3 aliphatic rings. The van der Waals surface area contributed by atoms with Crippen molar-refractivity contribution in [1.29, 1.82) is 0 Å². The van der Waals surface area contributed by atoms with Crippen LogP contribution in [0.4, 0.5) is 21.9 Å². The molecule has 0 unspecified atom stereocenters. The van der Waals surface area contributed by atoms with Gasteiger partial charge in [-0.2, -0.15) is 0 Å². The highest BCUT2D eigenvalue weighted by Gasteiger charge is 2.46. The van der Waals surface area contributed by atoms with Gasteiger partial charge in [-0.25, -0.2) is 4.79 Å². The average Bonchev–Trinajstić information content (AvgIpc) is 3.94. The van der Waals surface area contributed by atoms with Gasteiger partial charge < -0.3 is 30.6 Å². The standard InChI is InChI=1S/C37H30Cl2N6O4/c38-16-37(17-39)18-45(31-15-32(46)21-3-1-2-4-22(21)33(31)37)35(48)28-14-23-19-9-11-43(29(19)7-5-25(23)42-28)34(47)27-13-24-20-10-12-44(36(40)49)30(20)8-6-26(24)41-27/h1-8,13-15,41-42,46H,9-12,16-18H2,(H2,40,49). The van der Waals surface area contributed by atoms with Crippen LogP contribution in [0.3, 0.4) is 0 Å². The van der Waals surface area contributed by atoms with E-state index in [1.807, 2.05) is 60.7 Å². The first-order valence-electron chi connectivity index (χ1n) is 16.1. The minimum atomic E-state index is -0.695. The molecule has 0 atom stereocenters. The number of carbonyl (C=O) groups excluding carboxylic acids is 3. The van der Waals surface area contributed by atoms with Crippen molar-refractivity contribution in [2.24, 2.45) is 5.73 Å². The van der Waals surface area contributed by atoms with E-state index in [0.29, 0.717) is 48.4 Å². The van der Waals surface area contributed by atoms with Gasteiger partial charge in [0.1, 0.15) is 17.1 Å². The van der Waals surface area contributed by atoms with E-state index in [1.54, 1.807) is 20.8 Å². The van der Waals surface area contributed by atoms with Gasteiger partial charge in [-0.1, -0.05) is 24.3 Å². The number of primary amides is 1. The summed E-state index contributed by atoms with van der Waals surface area (Å²) in [5, 5.41) is 14.2. The molecule has 5 N–H and O–H groups in total. The number of anilines is 3. The number of aromatic amines is 2. The lowest BCUT2D eigenvalue weighted by Gasteiger charge is -2.26. The number of aromatic hydroxyl groups is 1. The molecule has 4 aromatic carbocycles. The van der Waals surface area contributed by atoms with Crippen LogP contribution in [0.25, 0.3) is 32.6 Å². The van der Waals surface area contributed by atoms with Crippen molar-refractivity contribution in [2.45, 2.75) is 18.3 Å². The van der Waals surface area contributed by atoms with Crippen LogP contribution in [-0.4, -0.2) is 64.3 Å². The van der Waals surface area contributed by atoms with Crippen molar-refractivity contribution in [1.82, 2.24) is 9.97 Å². The summed E-state index contributed by atoms with van der Waals surface area (Å²) in [7, 11) is 0. The second-order valence-electron chi connectivity index (χ2n) is 13.1. The second-order valence-corrected chi connectivity index (χ2v) is 13.7. The number of carbonyl (C=O) groups is 3. The molecule has 0 fully saturated rings. The van der Waals surface area contributed by atoms with Gasteiger partial charge in [0.25, 0.3) is 11.8 Å². The first kappa shape index (κ1) is 29.9. The van der Waals surface area contributed by atoms with E-state index in [1.165, 1.54) is 0 Å². The number of phenols is 1. The first-order chi connectivity index (χ1) is 23.7. The number of alkyl halides is 2. The molecule has 4 amide bonds. The zero-order valence-corrected chi connectivity index (χ0v) is 27.7. The number of phenolic OH excluding ortho intramolecular Hbond substituents is 1. The molecule has 0 aliphatic carbocycles. The molecule has 49 heavy (non-hydrogen) atoms. The van der Waals surface area contributed by atoms with Gasteiger partial charge in [0.05, 0.1) is 5.69 Å². The molecule has 0 spiro atoms. The predicted octanol–water partition coefficient (Wildman–Crippen LogP) is 6.53. The molecule has 2 aromatic heterocycles. The number of aromatic nitrogens is 2. The maximum atomic E-state index is 14.3. The number of halogens is 2. The second kappa shape index (κ2) is 10.7. The lowest BCUT2D eigenvalue weighted by Crippen LogP contribution is -2.39. The zero-order chi connectivity index (χ0) is 33.8. The van der Waals surface area contributed by atoms with Crippen LogP contribution < -0.4 is 20.4 Å². The van der Waals surface area contributed by atoms with Gasteiger partial charge >= 0.3 is 6.03 Å². The molecule has 5 heterocycles. The molecule has 10 nitrogen and oxygen atoms in total. The fraction of sp³-hybridized carbons (Fsp3) is 0.216. The molecule has 0 saturated heterocycles. The smallest absolute Gasteiger partial charge is 0.319 e. The molecule has 9 rings (SSSR count). The van der Waals surface area contributed by atoms with Crippen molar-refractivity contribution in [3.8, 4) is 5.75 Å². The van der Waals surface area contributed by atoms with E-state index in [4.69, 9.17) is 28.9 Å². The van der Waals surface area contributed by atoms with E-state index in [-0.39, 0.29) is 35.9 Å². The maximum Gasteiger partial charge on any atom is 0.319 e. The van der Waals surface area contributed by atoms with Crippen LogP contribution in [0.15, 0.2) is 66.7 Å². The Morgan fingerprint density at radius 2 is 1.27 bits per heavy atom. The number of amides is 4. The number of rotatable bonds is 4. The molecule has 0 bridgehead atoms. The normalized spacial score (nSPS) is 16.2. The summed E-state index contributed by atoms with van der Waals surface area (Å²) in [6.07, 6.45) is 1.29. The molecular formula is C37H30Cl2N6O4. The van der Waals surface area contributed by atoms with Crippen LogP contribution in [-0.2, 0) is 18.3 Å². The summed E-state index contributed by atoms with van der Waals surface area (Å²) in [6.45, 7) is 1.27. The van der Waals surface area contributed by atoms with Crippen molar-refractivity contribution in [2.75, 3.05) is 46.1 Å². The maximum absolute atomic E-state index is 14.3. The Balaban J connectivity index is 1.06. The molecule has 0 radical (unpaired) electrons. The topological polar surface area (TPSA) is 139 Å². The number of benzene rings is 4. The summed E-state index contributed by atoms with van der Waals surface area (Å²) in [6, 6.07) is 19.9. The summed E-state index contributed by atoms with van der Waals surface area (Å²) < 4.78 is 0. The Labute approximate surface area is 290 Å². The number of nitrogens with two attached hydrogens (primary N) is 1. The number of nitrogens with one attached hydrogen (secondary N) is 2. The van der Waals surface area contributed by atoms with Crippen LogP contribution >= 0.6 is 23.2 Å². The number of H-pyrrole nitrogens is 2. The molecule has 246 valence electrons. The molecule has 6 aromatic rings. The van der Waals surface area contributed by atoms with Crippen molar-refractivity contribution >= 4 is 90.7 Å². The summed E-state index contributed by atoms with van der Waals surface area (Å²) in [5.74, 6) is 0.0784. The largest absolute Gasteiger partial charge is 0.507 e. The lowest BCUT2D eigenvalue weighted by atomic mass is 9.83. The third kappa shape index (κ3) is 4.17. The van der Waals surface area contributed by atoms with Gasteiger partial charge in [0.15, 0.2) is 0 Å². The van der Waals surface area contributed by atoms with Crippen molar-refractivity contribution in [3.63, 3.8) is 0 Å². The minimum absolute atomic E-state index is 0.0818. The monoisotopic (exact) mass is 692 g/mol. The van der Waals surface area contributed by atoms with Gasteiger partial charge in [0, 0.05) is 81.4 Å². The Morgan fingerprint density at radius 3 is 1.86 bits per heavy atom. The Kier molecular flexibility index (Phi) is 6.50. The Hall–Kier alpha value is -5.19. The van der Waals surface area contributed by atoms with Gasteiger partial charge in [-0.3, -0.25) is 14.5 Å². The van der Waals surface area contributed by atoms with Crippen molar-refractivity contribution < 1.29 is 19.5 Å². The zero-order valence-electron chi connectivity index (χ0n) is 26.1. The minimum Gasteiger partial charge on any atom is -0.507 e. The molecule has 12 heteroatoms. The van der Waals surface area contributed by atoms with E-state index in [9.17, 15) is 19.5 Å². The number of fused-ring (bicyclic) bond motifs is 9. The lowest BCUT2D eigenvalue weighted by molar-refractivity contribution is 0.0976. The fourth-order valence-corrected chi connectivity index (χ4v) is 8.92. The van der Waals surface area contributed by atoms with Gasteiger partial charge in [-0.05, 0) is 71.3 Å². The van der Waals surface area contributed by atoms with E-state index < -0.39 is 11.4 Å². The van der Waals surface area contributed by atoms with Crippen LogP contribution in [0.1, 0.15) is 37.7 Å². The summed E-state index contributed by atoms with van der Waals surface area (Å²) >= 11 is 13.2. The third-order valence-electron chi connectivity index (χ3n) is 10.5. The van der Waals surface area contributed by atoms with E-state index >= 15 is 0 Å². The number of urea groups is 1. The predicted molar refractivity (Wildman–Crippen MR) is 193 cm³/mol. The Bertz CT molecular complexity index is 2430. The van der Waals surface area contributed by atoms with Crippen molar-refractivity contribution in [3.05, 3.63) is 94.8 Å². The highest BCUT2D eigenvalue weighted by atomic mass is 35.5. The number of hydrogen-bond donors (Lipinski definition) is 4. The number of hydrogen-bond acceptors (Lipinski definition) is 4. The first-order valence-corrected chi connectivity index (χ1v) is 17.2. The highest BCUT2D eigenvalue weighted by Crippen LogP contribution is 2.49. The van der Waals surface area contributed by atoms with Crippen LogP contribution in [0.2, 0.25) is 0 Å². The molecular weight excluding hydrogens is 663 g/mol. The van der Waals surface area contributed by atoms with Crippen LogP contribution in [0, 0.1) is 0 Å². The van der Waals surface area contributed by atoms with Crippen LogP contribution in [0.5, 0.6) is 5.75 Å². The van der Waals surface area contributed by atoms with Gasteiger partial charge in [-0.15, -0.1) is 23.2 Å². The van der Waals surface area contributed by atoms with E-state index in [2.05, 4.69) is 9.97 Å². The third-order valence-corrected chi connectivity index (χ3v) is 11.6.